The molecule has 1 atom stereocenters. The number of imidazole rings is 1. The van der Waals surface area contributed by atoms with Gasteiger partial charge >= 0.3 is 5.69 Å². The molecule has 34 heavy (non-hydrogen) atoms. The number of unbranched alkanes of at least 4 members (excludes halogenated alkanes) is 1. The molecule has 0 fully saturated rings. The zero-order valence-corrected chi connectivity index (χ0v) is 20.0. The number of nitrogens with one attached hydrogen (secondary N) is 1. The van der Waals surface area contributed by atoms with Gasteiger partial charge < -0.3 is 0 Å². The Bertz CT molecular complexity index is 1270. The van der Waals surface area contributed by atoms with Crippen molar-refractivity contribution >= 4 is 0 Å². The normalized spacial score (nSPS) is 12.2. The van der Waals surface area contributed by atoms with Crippen LogP contribution >= 0.6 is 0 Å². The van der Waals surface area contributed by atoms with Crippen molar-refractivity contribution < 1.29 is 4.39 Å². The van der Waals surface area contributed by atoms with Gasteiger partial charge in [-0.15, -0.1) is 5.10 Å². The van der Waals surface area contributed by atoms with Crippen LogP contribution in [0.3, 0.4) is 0 Å². The summed E-state index contributed by atoms with van der Waals surface area (Å²) in [5, 5.41) is 14.2. The second kappa shape index (κ2) is 10.6. The molecule has 0 amide bonds. The molecule has 8 heteroatoms. The van der Waals surface area contributed by atoms with Gasteiger partial charge in [-0.1, -0.05) is 68.8 Å². The van der Waals surface area contributed by atoms with Crippen molar-refractivity contribution in [2.75, 3.05) is 0 Å². The fourth-order valence-corrected chi connectivity index (χ4v) is 4.41. The minimum Gasteiger partial charge on any atom is -0.292 e. The molecule has 4 aromatic rings. The largest absolute Gasteiger partial charge is 0.329 e. The minimum atomic E-state index is -0.627. The number of hydrogen-bond acceptors (Lipinski definition) is 4. The number of aromatic nitrogens is 6. The van der Waals surface area contributed by atoms with E-state index in [1.54, 1.807) is 9.13 Å². The standard InChI is InChI=1S/C26H31FN6O/c1-4-6-11-23-24(16-27)33(18(3)5-2)26(34)32(23)17-19-12-14-20(15-13-19)21-9-7-8-10-22(21)25-28-30-31-29-25/h7-10,12-15,18H,4-6,11,16-17H2,1-3H3,(H,28,29,30,31). The summed E-state index contributed by atoms with van der Waals surface area (Å²) in [5.41, 5.74) is 5.17. The summed E-state index contributed by atoms with van der Waals surface area (Å²) in [7, 11) is 0. The van der Waals surface area contributed by atoms with E-state index in [0.29, 0.717) is 24.5 Å². The van der Waals surface area contributed by atoms with E-state index in [1.807, 2.05) is 62.4 Å². The van der Waals surface area contributed by atoms with Gasteiger partial charge in [0.1, 0.15) is 6.67 Å². The summed E-state index contributed by atoms with van der Waals surface area (Å²) in [6, 6.07) is 16.0. The van der Waals surface area contributed by atoms with Crippen LogP contribution in [0.2, 0.25) is 0 Å². The van der Waals surface area contributed by atoms with Gasteiger partial charge in [0.05, 0.1) is 12.2 Å². The van der Waals surface area contributed by atoms with Crippen LogP contribution in [0.5, 0.6) is 0 Å². The molecule has 1 N–H and O–H groups in total. The first-order chi connectivity index (χ1) is 16.6. The van der Waals surface area contributed by atoms with Gasteiger partial charge in [0.25, 0.3) is 0 Å². The van der Waals surface area contributed by atoms with E-state index in [1.165, 1.54) is 0 Å². The van der Waals surface area contributed by atoms with E-state index in [0.717, 1.165) is 47.2 Å². The first-order valence-electron chi connectivity index (χ1n) is 11.9. The maximum atomic E-state index is 14.1. The maximum absolute atomic E-state index is 14.1. The third kappa shape index (κ3) is 4.58. The summed E-state index contributed by atoms with van der Waals surface area (Å²) in [6.45, 7) is 5.90. The Labute approximate surface area is 198 Å². The summed E-state index contributed by atoms with van der Waals surface area (Å²) in [5.74, 6) is 0.608. The van der Waals surface area contributed by atoms with Crippen LogP contribution < -0.4 is 5.69 Å². The van der Waals surface area contributed by atoms with E-state index in [-0.39, 0.29) is 11.7 Å². The molecule has 0 radical (unpaired) electrons. The Balaban J connectivity index is 1.69. The number of halogens is 1. The molecule has 178 valence electrons. The lowest BCUT2D eigenvalue weighted by Crippen LogP contribution is -2.28. The van der Waals surface area contributed by atoms with Crippen molar-refractivity contribution in [2.24, 2.45) is 0 Å². The third-order valence-electron chi connectivity index (χ3n) is 6.45. The number of alkyl halides is 1. The van der Waals surface area contributed by atoms with Crippen molar-refractivity contribution in [3.63, 3.8) is 0 Å². The maximum Gasteiger partial charge on any atom is 0.329 e. The predicted octanol–water partition coefficient (Wildman–Crippen LogP) is 5.33. The number of H-pyrrole nitrogens is 1. The average Bonchev–Trinajstić information content (AvgIpc) is 3.50. The second-order valence-corrected chi connectivity index (χ2v) is 8.62. The highest BCUT2D eigenvalue weighted by molar-refractivity contribution is 5.80. The Morgan fingerprint density at radius 2 is 1.76 bits per heavy atom. The monoisotopic (exact) mass is 462 g/mol. The molecule has 0 aliphatic rings. The highest BCUT2D eigenvalue weighted by Gasteiger charge is 2.22. The molecule has 0 saturated heterocycles. The van der Waals surface area contributed by atoms with Crippen LogP contribution in [0.4, 0.5) is 4.39 Å². The number of tetrazole rings is 1. The molecule has 1 unspecified atom stereocenters. The van der Waals surface area contributed by atoms with Crippen molar-refractivity contribution in [3.8, 4) is 22.5 Å². The lowest BCUT2D eigenvalue weighted by molar-refractivity contribution is 0.421. The van der Waals surface area contributed by atoms with Crippen LogP contribution in [-0.4, -0.2) is 29.8 Å². The quantitative estimate of drug-likeness (QED) is 0.345. The fourth-order valence-electron chi connectivity index (χ4n) is 4.41. The number of nitrogens with zero attached hydrogens (tertiary/aromatic N) is 5. The third-order valence-corrected chi connectivity index (χ3v) is 6.45. The van der Waals surface area contributed by atoms with Gasteiger partial charge in [-0.2, -0.15) is 0 Å². The second-order valence-electron chi connectivity index (χ2n) is 8.62. The fraction of sp³-hybridized carbons (Fsp3) is 0.385. The highest BCUT2D eigenvalue weighted by Crippen LogP contribution is 2.30. The first-order valence-corrected chi connectivity index (χ1v) is 11.9. The average molecular weight is 463 g/mol. The molecule has 0 spiro atoms. The highest BCUT2D eigenvalue weighted by atomic mass is 19.1. The van der Waals surface area contributed by atoms with Gasteiger partial charge in [0.15, 0.2) is 5.82 Å². The molecule has 7 nitrogen and oxygen atoms in total. The Kier molecular flexibility index (Phi) is 7.35. The minimum absolute atomic E-state index is 0.0377. The summed E-state index contributed by atoms with van der Waals surface area (Å²) >= 11 is 0. The smallest absolute Gasteiger partial charge is 0.292 e. The lowest BCUT2D eigenvalue weighted by Gasteiger charge is -2.12. The van der Waals surface area contributed by atoms with Crippen molar-refractivity contribution in [1.82, 2.24) is 29.8 Å². The summed E-state index contributed by atoms with van der Waals surface area (Å²) < 4.78 is 17.5. The Morgan fingerprint density at radius 3 is 2.38 bits per heavy atom. The number of aromatic amines is 1. The van der Waals surface area contributed by atoms with E-state index in [2.05, 4.69) is 27.5 Å². The molecule has 0 aliphatic heterocycles. The van der Waals surface area contributed by atoms with Crippen molar-refractivity contribution in [3.05, 3.63) is 76.0 Å². The van der Waals surface area contributed by atoms with Crippen LogP contribution in [-0.2, 0) is 19.6 Å². The molecule has 4 rings (SSSR count). The first kappa shape index (κ1) is 23.6. The molecule has 2 aromatic carbocycles. The number of rotatable bonds is 10. The van der Waals surface area contributed by atoms with E-state index in [9.17, 15) is 9.18 Å². The zero-order chi connectivity index (χ0) is 24.1. The molecular formula is C26H31FN6O. The zero-order valence-electron chi connectivity index (χ0n) is 20.0. The van der Waals surface area contributed by atoms with E-state index in [4.69, 9.17) is 0 Å². The van der Waals surface area contributed by atoms with Crippen LogP contribution in [0.15, 0.2) is 53.3 Å². The van der Waals surface area contributed by atoms with Gasteiger partial charge in [0, 0.05) is 17.3 Å². The summed E-state index contributed by atoms with van der Waals surface area (Å²) in [4.78, 5) is 13.3. The molecule has 2 aromatic heterocycles. The van der Waals surface area contributed by atoms with Gasteiger partial charge in [-0.25, -0.2) is 14.3 Å². The van der Waals surface area contributed by atoms with Gasteiger partial charge in [0.2, 0.25) is 0 Å². The topological polar surface area (TPSA) is 81.4 Å². The summed E-state index contributed by atoms with van der Waals surface area (Å²) in [6.07, 6.45) is 3.39. The molecule has 0 bridgehead atoms. The van der Waals surface area contributed by atoms with Crippen molar-refractivity contribution in [2.45, 2.75) is 65.7 Å². The number of benzene rings is 2. The predicted molar refractivity (Wildman–Crippen MR) is 131 cm³/mol. The Morgan fingerprint density at radius 1 is 1.03 bits per heavy atom. The molecule has 2 heterocycles. The number of hydrogen-bond donors (Lipinski definition) is 1. The Hall–Kier alpha value is -3.55. The van der Waals surface area contributed by atoms with E-state index < -0.39 is 6.67 Å². The van der Waals surface area contributed by atoms with E-state index >= 15 is 0 Å². The van der Waals surface area contributed by atoms with Crippen LogP contribution in [0.25, 0.3) is 22.5 Å². The van der Waals surface area contributed by atoms with Crippen LogP contribution in [0, 0.1) is 0 Å². The molecule has 0 saturated carbocycles. The molecular weight excluding hydrogens is 431 g/mol. The van der Waals surface area contributed by atoms with Gasteiger partial charge in [-0.3, -0.25) is 9.13 Å². The van der Waals surface area contributed by atoms with Crippen LogP contribution in [0.1, 0.15) is 63.0 Å². The molecule has 0 aliphatic carbocycles. The van der Waals surface area contributed by atoms with Crippen molar-refractivity contribution in [1.29, 1.82) is 0 Å². The SMILES string of the molecule is CCCCc1c(CF)n(C(C)CC)c(=O)n1Cc1ccc(-c2ccccc2-c2nnn[nH]2)cc1. The lowest BCUT2D eigenvalue weighted by atomic mass is 9.98. The van der Waals surface area contributed by atoms with Gasteiger partial charge in [-0.05, 0) is 53.3 Å².